The monoisotopic (exact) mass is 377 g/mol. The number of carbonyl (C=O) groups is 2. The van der Waals surface area contributed by atoms with E-state index < -0.39 is 31.1 Å². The van der Waals surface area contributed by atoms with Gasteiger partial charge in [0.1, 0.15) is 0 Å². The molecule has 3 N–H and O–H groups in total. The molecule has 0 aromatic carbocycles. The van der Waals surface area contributed by atoms with Crippen molar-refractivity contribution in [3.05, 3.63) is 0 Å². The summed E-state index contributed by atoms with van der Waals surface area (Å²) in [5.41, 5.74) is -0.642. The quantitative estimate of drug-likeness (QED) is 0.435. The highest BCUT2D eigenvalue weighted by Crippen LogP contribution is 2.53. The third-order valence-corrected chi connectivity index (χ3v) is 5.88. The molecule has 10 heteroatoms. The van der Waals surface area contributed by atoms with E-state index in [1.165, 1.54) is 7.11 Å². The highest BCUT2D eigenvalue weighted by molar-refractivity contribution is 7.51. The van der Waals surface area contributed by atoms with Crippen LogP contribution in [0.15, 0.2) is 0 Å². The molecular weight excluding hydrogens is 349 g/mol. The molecule has 0 saturated carbocycles. The van der Waals surface area contributed by atoms with E-state index in [0.717, 1.165) is 19.4 Å². The van der Waals surface area contributed by atoms with Gasteiger partial charge in [0.15, 0.2) is 6.10 Å². The molecule has 2 heterocycles. The maximum absolute atomic E-state index is 12.8. The third-order valence-electron chi connectivity index (χ3n) is 4.35. The highest BCUT2D eigenvalue weighted by Gasteiger charge is 2.48. The number of hydrogen-bond acceptors (Lipinski definition) is 7. The summed E-state index contributed by atoms with van der Waals surface area (Å²) in [5.74, 6) is -0.831. The predicted molar refractivity (Wildman–Crippen MR) is 90.9 cm³/mol. The largest absolute Gasteiger partial charge is 0.469 e. The van der Waals surface area contributed by atoms with Crippen molar-refractivity contribution in [1.29, 1.82) is 0 Å². The van der Waals surface area contributed by atoms with Crippen molar-refractivity contribution in [3.63, 3.8) is 0 Å². The van der Waals surface area contributed by atoms with Crippen LogP contribution < -0.4 is 15.7 Å². The zero-order valence-corrected chi connectivity index (χ0v) is 15.9. The van der Waals surface area contributed by atoms with E-state index in [1.807, 2.05) is 0 Å². The summed E-state index contributed by atoms with van der Waals surface area (Å²) in [6, 6.07) is 0.222. The second-order valence-electron chi connectivity index (χ2n) is 7.02. The molecule has 0 aromatic rings. The first kappa shape index (κ1) is 20.3. The number of carbonyl (C=O) groups excluding carboxylic acids is 2. The molecule has 2 saturated heterocycles. The van der Waals surface area contributed by atoms with Crippen molar-refractivity contribution >= 4 is 19.6 Å². The summed E-state index contributed by atoms with van der Waals surface area (Å²) in [7, 11) is -2.27. The smallest absolute Gasteiger partial charge is 0.406 e. The van der Waals surface area contributed by atoms with E-state index in [9.17, 15) is 14.2 Å². The predicted octanol–water partition coefficient (Wildman–Crippen LogP) is 0.557. The molecule has 25 heavy (non-hydrogen) atoms. The lowest BCUT2D eigenvalue weighted by Gasteiger charge is -2.40. The van der Waals surface area contributed by atoms with Crippen LogP contribution in [0.25, 0.3) is 0 Å². The van der Waals surface area contributed by atoms with Gasteiger partial charge in [-0.25, -0.2) is 9.65 Å². The van der Waals surface area contributed by atoms with Gasteiger partial charge in [0.25, 0.3) is 0 Å². The van der Waals surface area contributed by atoms with E-state index in [-0.39, 0.29) is 25.6 Å². The fourth-order valence-corrected chi connectivity index (χ4v) is 4.59. The SMILES string of the molecule is COC(=O)CCNC(=O)[C@@H]1O[P@](=O)(NCC2CCCN2)OCC1(C)C. The summed E-state index contributed by atoms with van der Waals surface area (Å²) in [5, 5.41) is 8.76. The minimum absolute atomic E-state index is 0.0646. The molecule has 0 aromatic heterocycles. The number of ether oxygens (including phenoxy) is 1. The van der Waals surface area contributed by atoms with Crippen LogP contribution in [-0.2, 0) is 27.9 Å². The van der Waals surface area contributed by atoms with Crippen LogP contribution in [-0.4, -0.2) is 57.4 Å². The van der Waals surface area contributed by atoms with E-state index in [4.69, 9.17) is 9.05 Å². The Morgan fingerprint density at radius 1 is 1.40 bits per heavy atom. The Bertz CT molecular complexity index is 535. The van der Waals surface area contributed by atoms with Gasteiger partial charge >= 0.3 is 13.7 Å². The second-order valence-corrected chi connectivity index (χ2v) is 8.80. The zero-order chi connectivity index (χ0) is 18.5. The van der Waals surface area contributed by atoms with Gasteiger partial charge < -0.3 is 15.4 Å². The van der Waals surface area contributed by atoms with E-state index in [1.54, 1.807) is 13.8 Å². The standard InChI is InChI=1S/C15H28N3O6P/c1-15(2)10-23-25(21,18-9-11-5-4-7-16-11)24-13(15)14(20)17-8-6-12(19)22-3/h11,13,16H,4-10H2,1-3H3,(H,17,20)(H,18,21)/t11?,13-,25-/m0/s1. The van der Waals surface area contributed by atoms with Crippen molar-refractivity contribution < 1.29 is 27.9 Å². The van der Waals surface area contributed by atoms with Crippen molar-refractivity contribution in [2.45, 2.75) is 45.3 Å². The fraction of sp³-hybridized carbons (Fsp3) is 0.867. The van der Waals surface area contributed by atoms with E-state index >= 15 is 0 Å². The van der Waals surface area contributed by atoms with Crippen LogP contribution >= 0.6 is 7.75 Å². The van der Waals surface area contributed by atoms with Crippen LogP contribution in [0.4, 0.5) is 0 Å². The number of methoxy groups -OCH3 is 1. The molecule has 2 fully saturated rings. The van der Waals surface area contributed by atoms with Crippen LogP contribution in [0.3, 0.4) is 0 Å². The number of nitrogens with one attached hydrogen (secondary N) is 3. The molecule has 0 radical (unpaired) electrons. The fourth-order valence-electron chi connectivity index (χ4n) is 2.76. The number of hydrogen-bond donors (Lipinski definition) is 3. The van der Waals surface area contributed by atoms with Gasteiger partial charge in [-0.2, -0.15) is 0 Å². The van der Waals surface area contributed by atoms with Gasteiger partial charge in [-0.3, -0.25) is 18.6 Å². The highest BCUT2D eigenvalue weighted by atomic mass is 31.2. The number of esters is 1. The second kappa shape index (κ2) is 8.60. The molecule has 0 spiro atoms. The van der Waals surface area contributed by atoms with Gasteiger partial charge in [0.2, 0.25) is 5.91 Å². The normalized spacial score (nSPS) is 31.5. The number of rotatable bonds is 7. The Morgan fingerprint density at radius 2 is 2.16 bits per heavy atom. The van der Waals surface area contributed by atoms with Crippen LogP contribution in [0.1, 0.15) is 33.1 Å². The van der Waals surface area contributed by atoms with Crippen molar-refractivity contribution in [3.8, 4) is 0 Å². The lowest BCUT2D eigenvalue weighted by atomic mass is 9.87. The Balaban J connectivity index is 1.90. The van der Waals surface area contributed by atoms with Crippen LogP contribution in [0.5, 0.6) is 0 Å². The van der Waals surface area contributed by atoms with Gasteiger partial charge in [0.05, 0.1) is 20.1 Å². The van der Waals surface area contributed by atoms with E-state index in [2.05, 4.69) is 20.5 Å². The lowest BCUT2D eigenvalue weighted by Crippen LogP contribution is -2.51. The molecule has 2 rings (SSSR count). The third kappa shape index (κ3) is 5.76. The van der Waals surface area contributed by atoms with Crippen LogP contribution in [0.2, 0.25) is 0 Å². The molecule has 2 aliphatic rings. The summed E-state index contributed by atoms with van der Waals surface area (Å²) >= 11 is 0. The van der Waals surface area contributed by atoms with E-state index in [0.29, 0.717) is 6.54 Å². The number of amides is 1. The molecule has 1 amide bonds. The Morgan fingerprint density at radius 3 is 2.80 bits per heavy atom. The van der Waals surface area contributed by atoms with Crippen LogP contribution in [0, 0.1) is 5.41 Å². The Kier molecular flexibility index (Phi) is 6.99. The molecule has 2 aliphatic heterocycles. The van der Waals surface area contributed by atoms with Gasteiger partial charge in [-0.05, 0) is 19.4 Å². The zero-order valence-electron chi connectivity index (χ0n) is 15.0. The average molecular weight is 377 g/mol. The molecule has 9 nitrogen and oxygen atoms in total. The molecule has 144 valence electrons. The summed E-state index contributed by atoms with van der Waals surface area (Å²) in [6.07, 6.45) is 1.20. The molecular formula is C15H28N3O6P. The topological polar surface area (TPSA) is 115 Å². The first-order valence-corrected chi connectivity index (χ1v) is 10.1. The molecule has 1 unspecified atom stereocenters. The molecule has 0 aliphatic carbocycles. The Labute approximate surface area is 148 Å². The Hall–Kier alpha value is -0.990. The maximum Gasteiger partial charge on any atom is 0.406 e. The summed E-state index contributed by atoms with van der Waals surface area (Å²) in [6.45, 7) is 5.26. The molecule has 3 atom stereocenters. The summed E-state index contributed by atoms with van der Waals surface area (Å²) < 4.78 is 28.3. The minimum atomic E-state index is -3.56. The first-order valence-electron chi connectivity index (χ1n) is 8.52. The van der Waals surface area contributed by atoms with Crippen molar-refractivity contribution in [2.24, 2.45) is 5.41 Å². The average Bonchev–Trinajstić information content (AvgIpc) is 3.09. The lowest BCUT2D eigenvalue weighted by molar-refractivity contribution is -0.141. The van der Waals surface area contributed by atoms with Gasteiger partial charge in [0, 0.05) is 24.5 Å². The van der Waals surface area contributed by atoms with Gasteiger partial charge in [-0.15, -0.1) is 0 Å². The van der Waals surface area contributed by atoms with Crippen molar-refractivity contribution in [1.82, 2.24) is 15.7 Å². The first-order chi connectivity index (χ1) is 11.8. The minimum Gasteiger partial charge on any atom is -0.469 e. The molecule has 0 bridgehead atoms. The van der Waals surface area contributed by atoms with Gasteiger partial charge in [-0.1, -0.05) is 13.8 Å². The maximum atomic E-state index is 12.8. The summed E-state index contributed by atoms with van der Waals surface area (Å²) in [4.78, 5) is 23.6. The van der Waals surface area contributed by atoms with Crippen molar-refractivity contribution in [2.75, 3.05) is 33.4 Å².